The van der Waals surface area contributed by atoms with Crippen LogP contribution in [0, 0.1) is 0 Å². The van der Waals surface area contributed by atoms with E-state index in [0.29, 0.717) is 5.92 Å². The molecule has 0 aliphatic carbocycles. The summed E-state index contributed by atoms with van der Waals surface area (Å²) in [5.74, 6) is 0.563. The molecule has 0 aliphatic rings. The number of allylic oxidation sites excluding steroid dienone is 1. The average Bonchev–Trinajstić information content (AvgIpc) is 2.19. The Labute approximate surface area is 80.0 Å². The summed E-state index contributed by atoms with van der Waals surface area (Å²) in [4.78, 5) is 0. The van der Waals surface area contributed by atoms with Gasteiger partial charge in [0.05, 0.1) is 13.4 Å². The first-order chi connectivity index (χ1) is 6.34. The van der Waals surface area contributed by atoms with Crippen LogP contribution in [0.1, 0.15) is 24.8 Å². The lowest BCUT2D eigenvalue weighted by Crippen LogP contribution is -1.90. The maximum absolute atomic E-state index is 4.85. The van der Waals surface area contributed by atoms with E-state index in [0.717, 1.165) is 6.42 Å². The number of hydrogen-bond acceptors (Lipinski definition) is 1. The van der Waals surface area contributed by atoms with E-state index in [1.54, 1.807) is 13.4 Å². The molecule has 0 heterocycles. The molecule has 1 unspecified atom stereocenters. The van der Waals surface area contributed by atoms with Gasteiger partial charge in [0.15, 0.2) is 0 Å². The molecule has 0 aliphatic heterocycles. The fourth-order valence-corrected chi connectivity index (χ4v) is 1.27. The smallest absolute Gasteiger partial charge is 0.0784 e. The number of hydrogen-bond donors (Lipinski definition) is 0. The van der Waals surface area contributed by atoms with Gasteiger partial charge in [-0.25, -0.2) is 0 Å². The highest BCUT2D eigenvalue weighted by molar-refractivity contribution is 5.19. The summed E-state index contributed by atoms with van der Waals surface area (Å²) >= 11 is 0. The molecule has 1 nitrogen and oxygen atoms in total. The quantitative estimate of drug-likeness (QED) is 0.639. The predicted molar refractivity (Wildman–Crippen MR) is 55.6 cm³/mol. The summed E-state index contributed by atoms with van der Waals surface area (Å²) in [5, 5.41) is 0. The Morgan fingerprint density at radius 3 is 2.62 bits per heavy atom. The monoisotopic (exact) mass is 176 g/mol. The van der Waals surface area contributed by atoms with Gasteiger partial charge in [0.25, 0.3) is 0 Å². The van der Waals surface area contributed by atoms with Crippen molar-refractivity contribution < 1.29 is 4.74 Å². The minimum absolute atomic E-state index is 0.563. The number of methoxy groups -OCH3 is 1. The maximum atomic E-state index is 4.85. The van der Waals surface area contributed by atoms with Crippen molar-refractivity contribution in [2.24, 2.45) is 0 Å². The van der Waals surface area contributed by atoms with Gasteiger partial charge in [0.2, 0.25) is 0 Å². The number of benzene rings is 1. The van der Waals surface area contributed by atoms with Gasteiger partial charge >= 0.3 is 0 Å². The second-order valence-electron chi connectivity index (χ2n) is 3.15. The fraction of sp³-hybridized carbons (Fsp3) is 0.333. The molecule has 0 fully saturated rings. The van der Waals surface area contributed by atoms with E-state index >= 15 is 0 Å². The molecule has 13 heavy (non-hydrogen) atoms. The van der Waals surface area contributed by atoms with E-state index in [2.05, 4.69) is 37.3 Å². The van der Waals surface area contributed by atoms with Crippen LogP contribution in [-0.4, -0.2) is 7.11 Å². The van der Waals surface area contributed by atoms with Gasteiger partial charge in [-0.1, -0.05) is 37.3 Å². The average molecular weight is 176 g/mol. The Balaban J connectivity index is 2.49. The van der Waals surface area contributed by atoms with Gasteiger partial charge < -0.3 is 4.74 Å². The minimum atomic E-state index is 0.563. The molecule has 1 aromatic carbocycles. The van der Waals surface area contributed by atoms with Crippen LogP contribution in [0.2, 0.25) is 0 Å². The summed E-state index contributed by atoms with van der Waals surface area (Å²) in [6.45, 7) is 2.22. The van der Waals surface area contributed by atoms with E-state index in [4.69, 9.17) is 4.74 Å². The van der Waals surface area contributed by atoms with E-state index in [9.17, 15) is 0 Å². The van der Waals surface area contributed by atoms with Gasteiger partial charge in [0, 0.05) is 0 Å². The lowest BCUT2D eigenvalue weighted by molar-refractivity contribution is 0.336. The molecule has 0 saturated heterocycles. The zero-order valence-corrected chi connectivity index (χ0v) is 8.23. The molecule has 1 rings (SSSR count). The van der Waals surface area contributed by atoms with Crippen molar-refractivity contribution in [3.63, 3.8) is 0 Å². The molecule has 0 N–H and O–H groups in total. The molecular formula is C12H16O. The van der Waals surface area contributed by atoms with Crippen molar-refractivity contribution in [2.75, 3.05) is 7.11 Å². The van der Waals surface area contributed by atoms with Crippen molar-refractivity contribution in [3.05, 3.63) is 48.2 Å². The largest absolute Gasteiger partial charge is 0.505 e. The van der Waals surface area contributed by atoms with Crippen LogP contribution in [0.3, 0.4) is 0 Å². The van der Waals surface area contributed by atoms with Crippen molar-refractivity contribution in [1.29, 1.82) is 0 Å². The molecule has 1 atom stereocenters. The third-order valence-electron chi connectivity index (χ3n) is 2.09. The summed E-state index contributed by atoms with van der Waals surface area (Å²) in [6, 6.07) is 10.5. The van der Waals surface area contributed by atoms with Crippen LogP contribution in [0.4, 0.5) is 0 Å². The van der Waals surface area contributed by atoms with E-state index in [1.807, 2.05) is 6.07 Å². The van der Waals surface area contributed by atoms with Gasteiger partial charge in [-0.15, -0.1) is 0 Å². The van der Waals surface area contributed by atoms with Crippen LogP contribution in [0.5, 0.6) is 0 Å². The molecule has 1 aromatic rings. The topological polar surface area (TPSA) is 9.23 Å². The van der Waals surface area contributed by atoms with Crippen LogP contribution in [0.15, 0.2) is 42.7 Å². The minimum Gasteiger partial charge on any atom is -0.505 e. The summed E-state index contributed by atoms with van der Waals surface area (Å²) in [6.07, 6.45) is 4.81. The normalized spacial score (nSPS) is 13.1. The standard InChI is InChI=1S/C12H16O/c1-11(7-6-10-13-2)12-8-4-3-5-9-12/h3-6,8-11H,7H2,1-2H3. The molecule has 1 heteroatoms. The van der Waals surface area contributed by atoms with Gasteiger partial charge in [0.1, 0.15) is 0 Å². The Morgan fingerprint density at radius 1 is 1.31 bits per heavy atom. The third-order valence-corrected chi connectivity index (χ3v) is 2.09. The first-order valence-electron chi connectivity index (χ1n) is 4.57. The van der Waals surface area contributed by atoms with Crippen molar-refractivity contribution in [2.45, 2.75) is 19.3 Å². The van der Waals surface area contributed by atoms with E-state index in [1.165, 1.54) is 5.56 Å². The Morgan fingerprint density at radius 2 is 2.00 bits per heavy atom. The number of rotatable bonds is 4. The highest BCUT2D eigenvalue weighted by Gasteiger charge is 2.00. The summed E-state index contributed by atoms with van der Waals surface area (Å²) < 4.78 is 4.85. The highest BCUT2D eigenvalue weighted by atomic mass is 16.5. The van der Waals surface area contributed by atoms with Crippen LogP contribution in [-0.2, 0) is 4.74 Å². The SMILES string of the molecule is COC=CCC(C)c1ccccc1. The highest BCUT2D eigenvalue weighted by Crippen LogP contribution is 2.18. The van der Waals surface area contributed by atoms with Crippen LogP contribution < -0.4 is 0 Å². The molecule has 0 radical (unpaired) electrons. The maximum Gasteiger partial charge on any atom is 0.0784 e. The Kier molecular flexibility index (Phi) is 4.10. The summed E-state index contributed by atoms with van der Waals surface area (Å²) in [7, 11) is 1.67. The molecule has 0 bridgehead atoms. The first-order valence-corrected chi connectivity index (χ1v) is 4.57. The van der Waals surface area contributed by atoms with E-state index < -0.39 is 0 Å². The Bertz CT molecular complexity index is 251. The van der Waals surface area contributed by atoms with Gasteiger partial charge in [-0.3, -0.25) is 0 Å². The van der Waals surface area contributed by atoms with Crippen molar-refractivity contribution >= 4 is 0 Å². The van der Waals surface area contributed by atoms with Crippen LogP contribution >= 0.6 is 0 Å². The third kappa shape index (κ3) is 3.32. The van der Waals surface area contributed by atoms with E-state index in [-0.39, 0.29) is 0 Å². The first kappa shape index (κ1) is 9.85. The van der Waals surface area contributed by atoms with Crippen LogP contribution in [0.25, 0.3) is 0 Å². The molecule has 0 aromatic heterocycles. The van der Waals surface area contributed by atoms with Gasteiger partial charge in [-0.05, 0) is 24.0 Å². The molecule has 0 amide bonds. The van der Waals surface area contributed by atoms with Crippen molar-refractivity contribution in [3.8, 4) is 0 Å². The molecule has 0 spiro atoms. The van der Waals surface area contributed by atoms with Gasteiger partial charge in [-0.2, -0.15) is 0 Å². The lowest BCUT2D eigenvalue weighted by Gasteiger charge is -2.07. The zero-order chi connectivity index (χ0) is 9.52. The predicted octanol–water partition coefficient (Wildman–Crippen LogP) is 3.34. The van der Waals surface area contributed by atoms with Crippen molar-refractivity contribution in [1.82, 2.24) is 0 Å². The second-order valence-corrected chi connectivity index (χ2v) is 3.15. The summed E-state index contributed by atoms with van der Waals surface area (Å²) in [5.41, 5.74) is 1.38. The number of ether oxygens (including phenoxy) is 1. The zero-order valence-electron chi connectivity index (χ0n) is 8.23. The molecule has 0 saturated carbocycles. The fourth-order valence-electron chi connectivity index (χ4n) is 1.27. The Hall–Kier alpha value is -1.24. The molecular weight excluding hydrogens is 160 g/mol. The second kappa shape index (κ2) is 5.41. The molecule has 70 valence electrons. The lowest BCUT2D eigenvalue weighted by atomic mass is 9.98.